The summed E-state index contributed by atoms with van der Waals surface area (Å²) < 4.78 is 3.00. The average Bonchev–Trinajstić information content (AvgIpc) is 2.15. The molecular weight excluding hydrogens is 180 g/mol. The molecule has 0 amide bonds. The van der Waals surface area contributed by atoms with Crippen LogP contribution >= 0.6 is 15.9 Å². The Morgan fingerprint density at radius 1 is 1.78 bits per heavy atom. The van der Waals surface area contributed by atoms with Gasteiger partial charge in [-0.2, -0.15) is 5.10 Å². The second-order valence-electron chi connectivity index (χ2n) is 1.93. The van der Waals surface area contributed by atoms with Crippen molar-refractivity contribution in [3.63, 3.8) is 0 Å². The molecule has 2 nitrogen and oxygen atoms in total. The first-order chi connectivity index (χ1) is 4.25. The van der Waals surface area contributed by atoms with Crippen LogP contribution in [0.15, 0.2) is 10.8 Å². The predicted molar refractivity (Wildman–Crippen MR) is 40.3 cm³/mol. The smallest absolute Gasteiger partial charge is 0.106 e. The minimum Gasteiger partial charge on any atom is -0.258 e. The third-order valence-corrected chi connectivity index (χ3v) is 2.28. The highest BCUT2D eigenvalue weighted by molar-refractivity contribution is 9.10. The summed E-state index contributed by atoms with van der Waals surface area (Å²) >= 11 is 3.41. The zero-order chi connectivity index (χ0) is 6.85. The van der Waals surface area contributed by atoms with Crippen molar-refractivity contribution in [2.45, 2.75) is 20.4 Å². The first kappa shape index (κ1) is 6.81. The molecule has 0 spiro atoms. The Kier molecular flexibility index (Phi) is 1.90. The Bertz CT molecular complexity index is 205. The van der Waals surface area contributed by atoms with Crippen LogP contribution in [0.1, 0.15) is 12.5 Å². The molecule has 1 aromatic rings. The molecule has 1 aromatic heterocycles. The molecule has 0 aliphatic carbocycles. The van der Waals surface area contributed by atoms with E-state index in [-0.39, 0.29) is 0 Å². The van der Waals surface area contributed by atoms with Crippen LogP contribution in [-0.2, 0) is 6.54 Å². The lowest BCUT2D eigenvalue weighted by atomic mass is 10.4. The SMILES string of the molecule is CCn1ncc(C)c1Br. The number of aromatic nitrogens is 2. The van der Waals surface area contributed by atoms with Gasteiger partial charge in [-0.25, -0.2) is 0 Å². The number of aryl methyl sites for hydroxylation is 2. The molecule has 0 unspecified atom stereocenters. The maximum Gasteiger partial charge on any atom is 0.106 e. The summed E-state index contributed by atoms with van der Waals surface area (Å²) in [6, 6.07) is 0. The highest BCUT2D eigenvalue weighted by Gasteiger charge is 1.99. The van der Waals surface area contributed by atoms with E-state index < -0.39 is 0 Å². The van der Waals surface area contributed by atoms with E-state index in [1.54, 1.807) is 0 Å². The number of rotatable bonds is 1. The van der Waals surface area contributed by atoms with Gasteiger partial charge >= 0.3 is 0 Å². The summed E-state index contributed by atoms with van der Waals surface area (Å²) in [6.45, 7) is 5.02. The van der Waals surface area contributed by atoms with Crippen molar-refractivity contribution in [1.29, 1.82) is 0 Å². The van der Waals surface area contributed by atoms with E-state index in [9.17, 15) is 0 Å². The van der Waals surface area contributed by atoms with Crippen LogP contribution < -0.4 is 0 Å². The molecule has 0 saturated heterocycles. The Morgan fingerprint density at radius 3 is 2.67 bits per heavy atom. The maximum absolute atomic E-state index is 4.10. The second-order valence-corrected chi connectivity index (χ2v) is 2.69. The molecule has 0 fully saturated rings. The molecule has 1 heterocycles. The van der Waals surface area contributed by atoms with Gasteiger partial charge < -0.3 is 0 Å². The molecule has 3 heteroatoms. The quantitative estimate of drug-likeness (QED) is 0.660. The molecule has 9 heavy (non-hydrogen) atoms. The van der Waals surface area contributed by atoms with Gasteiger partial charge in [0.25, 0.3) is 0 Å². The van der Waals surface area contributed by atoms with Gasteiger partial charge in [-0.3, -0.25) is 4.68 Å². The lowest BCUT2D eigenvalue weighted by molar-refractivity contribution is 0.645. The summed E-state index contributed by atoms with van der Waals surface area (Å²) in [5.41, 5.74) is 1.19. The van der Waals surface area contributed by atoms with Crippen LogP contribution in [0.2, 0.25) is 0 Å². The molecule has 0 saturated carbocycles. The van der Waals surface area contributed by atoms with E-state index >= 15 is 0 Å². The van der Waals surface area contributed by atoms with Gasteiger partial charge in [0.15, 0.2) is 0 Å². The van der Waals surface area contributed by atoms with Gasteiger partial charge in [-0.15, -0.1) is 0 Å². The fourth-order valence-electron chi connectivity index (χ4n) is 0.684. The van der Waals surface area contributed by atoms with Crippen molar-refractivity contribution in [3.05, 3.63) is 16.4 Å². The molecule has 0 N–H and O–H groups in total. The summed E-state index contributed by atoms with van der Waals surface area (Å²) in [4.78, 5) is 0. The third-order valence-electron chi connectivity index (χ3n) is 1.24. The molecule has 0 aliphatic rings. The van der Waals surface area contributed by atoms with Gasteiger partial charge in [0, 0.05) is 12.1 Å². The van der Waals surface area contributed by atoms with E-state index in [1.807, 2.05) is 17.8 Å². The number of hydrogen-bond acceptors (Lipinski definition) is 1. The summed E-state index contributed by atoms with van der Waals surface area (Å²) in [6.07, 6.45) is 1.85. The monoisotopic (exact) mass is 188 g/mol. The van der Waals surface area contributed by atoms with Crippen LogP contribution in [0.25, 0.3) is 0 Å². The van der Waals surface area contributed by atoms with Crippen molar-refractivity contribution < 1.29 is 0 Å². The van der Waals surface area contributed by atoms with E-state index in [1.165, 1.54) is 5.56 Å². The topological polar surface area (TPSA) is 17.8 Å². The van der Waals surface area contributed by atoms with Gasteiger partial charge in [0.1, 0.15) is 4.60 Å². The van der Waals surface area contributed by atoms with Crippen LogP contribution in [0.5, 0.6) is 0 Å². The van der Waals surface area contributed by atoms with E-state index in [0.717, 1.165) is 11.1 Å². The molecule has 50 valence electrons. The molecule has 0 atom stereocenters. The van der Waals surface area contributed by atoms with Crippen molar-refractivity contribution in [2.24, 2.45) is 0 Å². The standard InChI is InChI=1S/C6H9BrN2/c1-3-9-6(7)5(2)4-8-9/h4H,3H2,1-2H3. The van der Waals surface area contributed by atoms with Crippen LogP contribution in [0.3, 0.4) is 0 Å². The average molecular weight is 189 g/mol. The normalized spacial score (nSPS) is 10.1. The Morgan fingerprint density at radius 2 is 2.44 bits per heavy atom. The van der Waals surface area contributed by atoms with Gasteiger partial charge in [-0.1, -0.05) is 0 Å². The Labute approximate surface area is 63.0 Å². The van der Waals surface area contributed by atoms with Crippen molar-refractivity contribution in [3.8, 4) is 0 Å². The number of nitrogens with zero attached hydrogens (tertiary/aromatic N) is 2. The maximum atomic E-state index is 4.10. The summed E-state index contributed by atoms with van der Waals surface area (Å²) in [5.74, 6) is 0. The fraction of sp³-hybridized carbons (Fsp3) is 0.500. The van der Waals surface area contributed by atoms with Gasteiger partial charge in [-0.05, 0) is 29.8 Å². The molecule has 0 aliphatic heterocycles. The highest BCUT2D eigenvalue weighted by atomic mass is 79.9. The molecule has 0 aromatic carbocycles. The minimum absolute atomic E-state index is 0.925. The van der Waals surface area contributed by atoms with Crippen molar-refractivity contribution in [2.75, 3.05) is 0 Å². The van der Waals surface area contributed by atoms with E-state index in [2.05, 4.69) is 28.0 Å². The van der Waals surface area contributed by atoms with E-state index in [0.29, 0.717) is 0 Å². The first-order valence-corrected chi connectivity index (χ1v) is 3.73. The summed E-state index contributed by atoms with van der Waals surface area (Å²) in [5, 5.41) is 4.10. The van der Waals surface area contributed by atoms with Crippen LogP contribution in [-0.4, -0.2) is 9.78 Å². The lowest BCUT2D eigenvalue weighted by Gasteiger charge is -1.95. The molecule has 0 bridgehead atoms. The zero-order valence-corrected chi connectivity index (χ0v) is 7.14. The van der Waals surface area contributed by atoms with Crippen molar-refractivity contribution >= 4 is 15.9 Å². The number of hydrogen-bond donors (Lipinski definition) is 0. The lowest BCUT2D eigenvalue weighted by Crippen LogP contribution is -1.95. The zero-order valence-electron chi connectivity index (χ0n) is 5.56. The largest absolute Gasteiger partial charge is 0.258 e. The third kappa shape index (κ3) is 1.15. The number of halogens is 1. The summed E-state index contributed by atoms with van der Waals surface area (Å²) in [7, 11) is 0. The van der Waals surface area contributed by atoms with Crippen LogP contribution in [0.4, 0.5) is 0 Å². The molecule has 0 radical (unpaired) electrons. The second kappa shape index (κ2) is 2.52. The van der Waals surface area contributed by atoms with Gasteiger partial charge in [0.05, 0.1) is 6.20 Å². The van der Waals surface area contributed by atoms with E-state index in [4.69, 9.17) is 0 Å². The van der Waals surface area contributed by atoms with Crippen molar-refractivity contribution in [1.82, 2.24) is 9.78 Å². The highest BCUT2D eigenvalue weighted by Crippen LogP contribution is 2.13. The Hall–Kier alpha value is -0.310. The fourth-order valence-corrected chi connectivity index (χ4v) is 1.13. The minimum atomic E-state index is 0.925. The Balaban J connectivity index is 3.04. The molecule has 1 rings (SSSR count). The van der Waals surface area contributed by atoms with Gasteiger partial charge in [0.2, 0.25) is 0 Å². The van der Waals surface area contributed by atoms with Crippen LogP contribution in [0, 0.1) is 6.92 Å². The first-order valence-electron chi connectivity index (χ1n) is 2.93. The predicted octanol–water partition coefficient (Wildman–Crippen LogP) is 1.97. The molecular formula is C6H9BrN2.